The van der Waals surface area contributed by atoms with E-state index in [1.807, 2.05) is 6.92 Å². The molecule has 8 heavy (non-hydrogen) atoms. The van der Waals surface area contributed by atoms with E-state index < -0.39 is 21.0 Å². The van der Waals surface area contributed by atoms with Crippen molar-refractivity contribution >= 4 is 21.0 Å². The summed E-state index contributed by atoms with van der Waals surface area (Å²) in [4.78, 5) is 0. The summed E-state index contributed by atoms with van der Waals surface area (Å²) in [5, 5.41) is 0. The minimum absolute atomic E-state index is 0.444. The summed E-state index contributed by atoms with van der Waals surface area (Å²) in [6.45, 7) is 2.45. The molecule has 4 heteroatoms. The third-order valence-corrected chi connectivity index (χ3v) is 1.85. The summed E-state index contributed by atoms with van der Waals surface area (Å²) < 4.78 is 22.6. The number of rotatable bonds is 4. The van der Waals surface area contributed by atoms with Crippen molar-refractivity contribution in [3.05, 3.63) is 0 Å². The molecule has 0 saturated heterocycles. The van der Waals surface area contributed by atoms with Crippen LogP contribution in [0.2, 0.25) is 0 Å². The van der Waals surface area contributed by atoms with Crippen molar-refractivity contribution in [2.24, 2.45) is 0 Å². The maximum absolute atomic E-state index is 9.92. The number of unbranched alkanes of at least 4 members (excludes halogenated alkanes) is 1. The third kappa shape index (κ3) is 6.54. The summed E-state index contributed by atoms with van der Waals surface area (Å²) in [6.07, 6.45) is 1.89. The Balaban J connectivity index is 2.82. The summed E-state index contributed by atoms with van der Waals surface area (Å²) in [6, 6.07) is 0. The van der Waals surface area contributed by atoms with E-state index in [0.29, 0.717) is 6.61 Å². The minimum atomic E-state index is -3.31. The zero-order valence-electron chi connectivity index (χ0n) is 4.83. The summed E-state index contributed by atoms with van der Waals surface area (Å²) in [7, 11) is 0. The van der Waals surface area contributed by atoms with Gasteiger partial charge >= 0.3 is 56.8 Å². The molecule has 0 spiro atoms. The molecule has 0 aromatic rings. The summed E-state index contributed by atoms with van der Waals surface area (Å²) in [5.41, 5.74) is 0. The molecule has 0 amide bonds. The van der Waals surface area contributed by atoms with Gasteiger partial charge in [0.05, 0.1) is 0 Å². The molecule has 0 aliphatic carbocycles. The van der Waals surface area contributed by atoms with Gasteiger partial charge in [-0.3, -0.25) is 0 Å². The van der Waals surface area contributed by atoms with Gasteiger partial charge in [0.1, 0.15) is 0 Å². The fourth-order valence-corrected chi connectivity index (χ4v) is 1.10. The topological polar surface area (TPSA) is 46.5 Å². The van der Waals surface area contributed by atoms with Gasteiger partial charge in [-0.2, -0.15) is 0 Å². The van der Waals surface area contributed by atoms with Crippen LogP contribution in [0.5, 0.6) is 0 Å². The molecule has 1 radical (unpaired) electrons. The molecule has 0 aromatic carbocycles. The Morgan fingerprint density at radius 1 is 1.75 bits per heavy atom. The van der Waals surface area contributed by atoms with Crippen molar-refractivity contribution in [2.45, 2.75) is 19.8 Å². The Hall–Kier alpha value is 0.538. The molecule has 3 nitrogen and oxygen atoms in total. The second-order valence-electron chi connectivity index (χ2n) is 1.42. The van der Waals surface area contributed by atoms with Gasteiger partial charge in [0.15, 0.2) is 0 Å². The Morgan fingerprint density at radius 2 is 2.38 bits per heavy atom. The zero-order valence-corrected chi connectivity index (χ0v) is 7.39. The van der Waals surface area contributed by atoms with Crippen LogP contribution < -0.4 is 0 Å². The molecule has 0 saturated carbocycles. The van der Waals surface area contributed by atoms with Crippen LogP contribution in [0.3, 0.4) is 0 Å². The Morgan fingerprint density at radius 3 is 2.75 bits per heavy atom. The zero-order chi connectivity index (χ0) is 6.41. The monoisotopic (exact) mass is 227 g/mol. The standard InChI is InChI=1S/C4H9O.H2O.O.Sb/c1-2-3-4-5;;;/h2-4H2,1H3;1H2;;/q-1;;;+2/p-1. The van der Waals surface area contributed by atoms with Crippen molar-refractivity contribution in [3.63, 3.8) is 0 Å². The first kappa shape index (κ1) is 8.54. The van der Waals surface area contributed by atoms with Gasteiger partial charge in [-0.25, -0.2) is 0 Å². The maximum atomic E-state index is 9.92. The average molecular weight is 228 g/mol. The molecule has 0 heterocycles. The van der Waals surface area contributed by atoms with Crippen LogP contribution in [0.1, 0.15) is 19.8 Å². The van der Waals surface area contributed by atoms with Gasteiger partial charge < -0.3 is 0 Å². The molecule has 0 unspecified atom stereocenters. The van der Waals surface area contributed by atoms with Gasteiger partial charge in [-0.15, -0.1) is 0 Å². The Kier molecular flexibility index (Phi) is 6.05. The average Bonchev–Trinajstić information content (AvgIpc) is 1.66. The predicted octanol–water partition coefficient (Wildman–Crippen LogP) is 0.211. The predicted molar refractivity (Wildman–Crippen MR) is 29.5 cm³/mol. The first-order chi connectivity index (χ1) is 3.77. The van der Waals surface area contributed by atoms with Gasteiger partial charge in [0.2, 0.25) is 0 Å². The van der Waals surface area contributed by atoms with Gasteiger partial charge in [0, 0.05) is 0 Å². The Bertz CT molecular complexity index is 73.7. The third-order valence-electron chi connectivity index (χ3n) is 0.700. The molecular weight excluding hydrogens is 218 g/mol. The summed E-state index contributed by atoms with van der Waals surface area (Å²) >= 11 is -3.31. The first-order valence-electron chi connectivity index (χ1n) is 2.56. The Labute approximate surface area is 57.1 Å². The van der Waals surface area contributed by atoms with Gasteiger partial charge in [-0.1, -0.05) is 0 Å². The fourth-order valence-electron chi connectivity index (χ4n) is 0.287. The molecule has 0 rings (SSSR count). The molecular formula is C4H10O3Sb. The normalized spacial score (nSPS) is 9.25. The van der Waals surface area contributed by atoms with E-state index in [4.69, 9.17) is 3.39 Å². The quantitative estimate of drug-likeness (QED) is 0.552. The van der Waals surface area contributed by atoms with Crippen LogP contribution in [0.15, 0.2) is 0 Å². The van der Waals surface area contributed by atoms with E-state index in [1.165, 1.54) is 0 Å². The molecule has 1 N–H and O–H groups in total. The van der Waals surface area contributed by atoms with Crippen molar-refractivity contribution in [2.75, 3.05) is 6.61 Å². The summed E-state index contributed by atoms with van der Waals surface area (Å²) in [5.74, 6) is 0. The molecule has 0 bridgehead atoms. The fraction of sp³-hybridized carbons (Fsp3) is 1.00. The number of hydrogen-bond acceptors (Lipinski definition) is 2. The van der Waals surface area contributed by atoms with Crippen molar-refractivity contribution < 1.29 is 9.42 Å². The van der Waals surface area contributed by atoms with Crippen molar-refractivity contribution in [1.29, 1.82) is 0 Å². The SMILES string of the molecule is CCCC[O][Sb](=[O])[OH]. The second-order valence-corrected chi connectivity index (χ2v) is 3.52. The molecule has 0 atom stereocenters. The van der Waals surface area contributed by atoms with E-state index in [2.05, 4.69) is 3.02 Å². The van der Waals surface area contributed by atoms with E-state index in [9.17, 15) is 3.02 Å². The van der Waals surface area contributed by atoms with Crippen LogP contribution in [0.25, 0.3) is 0 Å². The van der Waals surface area contributed by atoms with E-state index in [-0.39, 0.29) is 0 Å². The molecule has 0 fully saturated rings. The van der Waals surface area contributed by atoms with E-state index in [1.54, 1.807) is 0 Å². The molecule has 0 aromatic heterocycles. The van der Waals surface area contributed by atoms with Gasteiger partial charge in [0.25, 0.3) is 0 Å². The molecule has 0 aliphatic heterocycles. The van der Waals surface area contributed by atoms with Crippen LogP contribution in [-0.4, -0.2) is 31.0 Å². The van der Waals surface area contributed by atoms with Crippen LogP contribution >= 0.6 is 0 Å². The van der Waals surface area contributed by atoms with E-state index in [0.717, 1.165) is 12.8 Å². The molecule has 0 aliphatic rings. The van der Waals surface area contributed by atoms with Crippen molar-refractivity contribution in [1.82, 2.24) is 0 Å². The second kappa shape index (κ2) is 5.67. The van der Waals surface area contributed by atoms with Crippen LogP contribution in [0.4, 0.5) is 0 Å². The van der Waals surface area contributed by atoms with Crippen LogP contribution in [-0.2, 0) is 6.03 Å². The van der Waals surface area contributed by atoms with E-state index >= 15 is 0 Å². The van der Waals surface area contributed by atoms with Gasteiger partial charge in [-0.05, 0) is 0 Å². The molecule has 49 valence electrons. The first-order valence-corrected chi connectivity index (χ1v) is 5.79. The van der Waals surface area contributed by atoms with Crippen molar-refractivity contribution in [3.8, 4) is 0 Å². The van der Waals surface area contributed by atoms with Crippen LogP contribution in [0, 0.1) is 0 Å². The number of hydrogen-bond donors (Lipinski definition) is 1.